The van der Waals surface area contributed by atoms with Crippen molar-refractivity contribution < 1.29 is 28.6 Å². The third-order valence-electron chi connectivity index (χ3n) is 9.20. The van der Waals surface area contributed by atoms with Gasteiger partial charge in [-0.3, -0.25) is 14.4 Å². The van der Waals surface area contributed by atoms with Crippen LogP contribution in [0.5, 0.6) is 11.5 Å². The molecule has 1 unspecified atom stereocenters. The number of carbonyl (C=O) groups is 3. The van der Waals surface area contributed by atoms with E-state index in [4.69, 9.17) is 14.2 Å². The topological polar surface area (TPSA) is 101 Å². The van der Waals surface area contributed by atoms with Gasteiger partial charge in [-0.1, -0.05) is 18.2 Å². The van der Waals surface area contributed by atoms with Crippen LogP contribution in [0.25, 0.3) is 0 Å². The maximum atomic E-state index is 13.9. The summed E-state index contributed by atoms with van der Waals surface area (Å²) in [5, 5.41) is 3.53. The van der Waals surface area contributed by atoms with Gasteiger partial charge >= 0.3 is 0 Å². The summed E-state index contributed by atoms with van der Waals surface area (Å²) in [6.07, 6.45) is 2.99. The molecule has 2 aromatic rings. The lowest BCUT2D eigenvalue weighted by Gasteiger charge is -2.34. The molecule has 3 aliphatic rings. The van der Waals surface area contributed by atoms with E-state index in [0.29, 0.717) is 49.9 Å². The molecule has 10 heteroatoms. The Hall–Kier alpha value is -3.63. The van der Waals surface area contributed by atoms with Crippen molar-refractivity contribution in [3.8, 4) is 11.5 Å². The predicted molar refractivity (Wildman–Crippen MR) is 173 cm³/mol. The van der Waals surface area contributed by atoms with Crippen LogP contribution >= 0.6 is 0 Å². The molecule has 2 saturated heterocycles. The number of methoxy groups -OCH3 is 2. The first-order valence-electron chi connectivity index (χ1n) is 16.3. The normalized spacial score (nSPS) is 21.3. The van der Waals surface area contributed by atoms with Crippen molar-refractivity contribution in [1.29, 1.82) is 0 Å². The molecule has 244 valence electrons. The van der Waals surface area contributed by atoms with Gasteiger partial charge in [0.1, 0.15) is 0 Å². The quantitative estimate of drug-likeness (QED) is 0.302. The van der Waals surface area contributed by atoms with Crippen molar-refractivity contribution in [3.63, 3.8) is 0 Å². The van der Waals surface area contributed by atoms with Crippen LogP contribution in [0.4, 0.5) is 5.69 Å². The van der Waals surface area contributed by atoms with E-state index in [9.17, 15) is 14.4 Å². The van der Waals surface area contributed by atoms with Gasteiger partial charge in [0.2, 0.25) is 11.8 Å². The summed E-state index contributed by atoms with van der Waals surface area (Å²) < 4.78 is 16.5. The molecule has 3 amide bonds. The van der Waals surface area contributed by atoms with E-state index < -0.39 is 0 Å². The minimum atomic E-state index is -0.333. The van der Waals surface area contributed by atoms with Crippen LogP contribution in [0.1, 0.15) is 49.9 Å². The van der Waals surface area contributed by atoms with Crippen LogP contribution in [0.15, 0.2) is 48.5 Å². The lowest BCUT2D eigenvalue weighted by Crippen LogP contribution is -2.46. The Morgan fingerprint density at radius 1 is 0.978 bits per heavy atom. The molecule has 0 spiro atoms. The minimum Gasteiger partial charge on any atom is -0.493 e. The second kappa shape index (κ2) is 15.1. The van der Waals surface area contributed by atoms with E-state index in [0.717, 1.165) is 38.0 Å². The van der Waals surface area contributed by atoms with Gasteiger partial charge in [-0.25, -0.2) is 0 Å². The Bertz CT molecular complexity index is 1320. The zero-order chi connectivity index (χ0) is 31.9. The Morgan fingerprint density at radius 2 is 1.71 bits per heavy atom. The number of nitrogens with one attached hydrogen (secondary N) is 1. The number of amides is 3. The van der Waals surface area contributed by atoms with Gasteiger partial charge < -0.3 is 34.2 Å². The molecule has 1 N–H and O–H groups in total. The fraction of sp³-hybridized carbons (Fsp3) is 0.571. The van der Waals surface area contributed by atoms with Crippen LogP contribution < -0.4 is 19.7 Å². The molecule has 5 rings (SSSR count). The molecule has 45 heavy (non-hydrogen) atoms. The molecule has 2 aliphatic heterocycles. The minimum absolute atomic E-state index is 0.00357. The Balaban J connectivity index is 1.25. The predicted octanol–water partition coefficient (Wildman–Crippen LogP) is 3.84. The average Bonchev–Trinajstić information content (AvgIpc) is 3.67. The highest BCUT2D eigenvalue weighted by atomic mass is 16.5. The van der Waals surface area contributed by atoms with Gasteiger partial charge in [0.05, 0.1) is 19.6 Å². The van der Waals surface area contributed by atoms with Crippen molar-refractivity contribution >= 4 is 23.4 Å². The van der Waals surface area contributed by atoms with Crippen molar-refractivity contribution in [2.45, 2.75) is 51.6 Å². The highest BCUT2D eigenvalue weighted by Crippen LogP contribution is 2.35. The van der Waals surface area contributed by atoms with Gasteiger partial charge in [-0.2, -0.15) is 0 Å². The number of anilines is 1. The zero-order valence-electron chi connectivity index (χ0n) is 27.1. The van der Waals surface area contributed by atoms with Crippen molar-refractivity contribution in [2.75, 3.05) is 65.1 Å². The molecule has 10 nitrogen and oxygen atoms in total. The van der Waals surface area contributed by atoms with Crippen LogP contribution in [0, 0.1) is 17.8 Å². The first-order chi connectivity index (χ1) is 21.8. The summed E-state index contributed by atoms with van der Waals surface area (Å²) in [5.41, 5.74) is 1.40. The number of para-hydroxylation sites is 1. The zero-order valence-corrected chi connectivity index (χ0v) is 27.1. The van der Waals surface area contributed by atoms with Gasteiger partial charge in [0.15, 0.2) is 11.5 Å². The van der Waals surface area contributed by atoms with E-state index in [1.165, 1.54) is 0 Å². The molecule has 0 aromatic heterocycles. The van der Waals surface area contributed by atoms with E-state index in [1.807, 2.05) is 49.1 Å². The highest BCUT2D eigenvalue weighted by Gasteiger charge is 2.43. The van der Waals surface area contributed by atoms with Gasteiger partial charge in [0, 0.05) is 82.6 Å². The van der Waals surface area contributed by atoms with E-state index in [2.05, 4.69) is 10.2 Å². The molecule has 3 atom stereocenters. The molecule has 1 saturated carbocycles. The van der Waals surface area contributed by atoms with Crippen LogP contribution in [-0.4, -0.2) is 99.8 Å². The molecule has 2 heterocycles. The molecule has 1 aliphatic carbocycles. The van der Waals surface area contributed by atoms with E-state index in [-0.39, 0.29) is 54.0 Å². The fourth-order valence-electron chi connectivity index (χ4n) is 6.49. The highest BCUT2D eigenvalue weighted by molar-refractivity contribution is 6.00. The Kier molecular flexibility index (Phi) is 11.0. The SMILES string of the molecule is COCCCOc1cc(C(=O)N(C[C@H]2CNC[C@H]2CN(C(=O)C2CC(=O)N(c3ccccc3)C2)C2CC2)C(C)C)ccc1OC. The second-order valence-corrected chi connectivity index (χ2v) is 12.8. The standard InChI is InChI=1S/C35H48N4O6/c1-24(2)37(34(41)25-11-14-31(44-4)32(17-25)45-16-8-15-43-3)22-27-19-36-20-28(27)23-39(30-12-13-30)35(42)26-18-33(40)38(21-26)29-9-6-5-7-10-29/h5-7,9-11,14,17,24,26-28,30,36H,8,12-13,15-16,18-23H2,1-4H3/t26?,27-,28+/m1/s1. The number of ether oxygens (including phenoxy) is 3. The lowest BCUT2D eigenvalue weighted by molar-refractivity contribution is -0.137. The average molecular weight is 621 g/mol. The first kappa shape index (κ1) is 32.8. The van der Waals surface area contributed by atoms with Crippen LogP contribution in [-0.2, 0) is 14.3 Å². The third-order valence-corrected chi connectivity index (χ3v) is 9.20. The lowest BCUT2D eigenvalue weighted by atomic mass is 9.93. The maximum Gasteiger partial charge on any atom is 0.254 e. The smallest absolute Gasteiger partial charge is 0.254 e. The molecule has 2 aromatic carbocycles. The largest absolute Gasteiger partial charge is 0.493 e. The second-order valence-electron chi connectivity index (χ2n) is 12.8. The first-order valence-corrected chi connectivity index (χ1v) is 16.3. The van der Waals surface area contributed by atoms with Gasteiger partial charge in [0.25, 0.3) is 5.91 Å². The number of hydrogen-bond donors (Lipinski definition) is 1. The summed E-state index contributed by atoms with van der Waals surface area (Å²) in [5.74, 6) is 1.23. The third kappa shape index (κ3) is 7.97. The van der Waals surface area contributed by atoms with Gasteiger partial charge in [-0.15, -0.1) is 0 Å². The number of nitrogens with zero attached hydrogens (tertiary/aromatic N) is 3. The number of carbonyl (C=O) groups excluding carboxylic acids is 3. The van der Waals surface area contributed by atoms with Crippen LogP contribution in [0.3, 0.4) is 0 Å². The fourth-order valence-corrected chi connectivity index (χ4v) is 6.49. The molecule has 0 bridgehead atoms. The summed E-state index contributed by atoms with van der Waals surface area (Å²) >= 11 is 0. The molecule has 0 radical (unpaired) electrons. The van der Waals surface area contributed by atoms with E-state index >= 15 is 0 Å². The summed E-state index contributed by atoms with van der Waals surface area (Å²) in [6, 6.07) is 15.2. The van der Waals surface area contributed by atoms with Crippen molar-refractivity contribution in [1.82, 2.24) is 15.1 Å². The maximum absolute atomic E-state index is 13.9. The van der Waals surface area contributed by atoms with Crippen molar-refractivity contribution in [2.24, 2.45) is 17.8 Å². The monoisotopic (exact) mass is 620 g/mol. The number of rotatable bonds is 15. The Morgan fingerprint density at radius 3 is 2.38 bits per heavy atom. The van der Waals surface area contributed by atoms with Crippen molar-refractivity contribution in [3.05, 3.63) is 54.1 Å². The van der Waals surface area contributed by atoms with Crippen LogP contribution in [0.2, 0.25) is 0 Å². The number of benzene rings is 2. The summed E-state index contributed by atoms with van der Waals surface area (Å²) in [4.78, 5) is 46.4. The summed E-state index contributed by atoms with van der Waals surface area (Å²) in [6.45, 7) is 8.35. The molecular formula is C35H48N4O6. The molecule has 3 fully saturated rings. The Labute approximate surface area is 267 Å². The van der Waals surface area contributed by atoms with E-state index in [1.54, 1.807) is 37.3 Å². The molecular weight excluding hydrogens is 572 g/mol. The number of hydrogen-bond acceptors (Lipinski definition) is 7. The summed E-state index contributed by atoms with van der Waals surface area (Å²) in [7, 11) is 3.25. The van der Waals surface area contributed by atoms with Gasteiger partial charge in [-0.05, 0) is 68.9 Å².